The molecule has 0 saturated carbocycles. The van der Waals surface area contributed by atoms with Crippen molar-refractivity contribution in [2.24, 2.45) is 14.1 Å². The topological polar surface area (TPSA) is 70.3 Å². The fraction of sp³-hybridized carbons (Fsp3) is 0.421. The maximum atomic E-state index is 12.6. The van der Waals surface area contributed by atoms with Crippen LogP contribution in [0.3, 0.4) is 0 Å². The van der Waals surface area contributed by atoms with E-state index in [-0.39, 0.29) is 6.61 Å². The zero-order chi connectivity index (χ0) is 19.0. The lowest BCUT2D eigenvalue weighted by atomic mass is 9.90. The van der Waals surface area contributed by atoms with Crippen LogP contribution in [0.25, 0.3) is 0 Å². The summed E-state index contributed by atoms with van der Waals surface area (Å²) >= 11 is 0. The molecular weight excluding hydrogens is 320 g/mol. The van der Waals surface area contributed by atoms with Crippen LogP contribution in [0.5, 0.6) is 0 Å². The van der Waals surface area contributed by atoms with Gasteiger partial charge in [0, 0.05) is 20.2 Å². The Morgan fingerprint density at radius 1 is 0.880 bits per heavy atom. The predicted octanol–water partition coefficient (Wildman–Crippen LogP) is 1.98. The van der Waals surface area contributed by atoms with E-state index in [1.165, 1.54) is 23.2 Å². The van der Waals surface area contributed by atoms with Crippen molar-refractivity contribution in [2.45, 2.75) is 41.2 Å². The van der Waals surface area contributed by atoms with E-state index < -0.39 is 17.2 Å². The summed E-state index contributed by atoms with van der Waals surface area (Å²) in [6.07, 6.45) is 0. The fourth-order valence-electron chi connectivity index (χ4n) is 2.93. The molecule has 1 aromatic carbocycles. The fourth-order valence-corrected chi connectivity index (χ4v) is 2.93. The standard InChI is InChI=1S/C19H24N2O4/c1-10-11(2)13(4)17(14(5)12(10)3)18(23)25-9-15-8-16(22)21(7)19(24)20(15)6/h8H,9H2,1-7H3. The summed E-state index contributed by atoms with van der Waals surface area (Å²) in [5.41, 5.74) is 5.11. The van der Waals surface area contributed by atoms with Gasteiger partial charge in [-0.2, -0.15) is 0 Å². The minimum absolute atomic E-state index is 0.133. The number of hydrogen-bond acceptors (Lipinski definition) is 4. The van der Waals surface area contributed by atoms with Gasteiger partial charge in [0.25, 0.3) is 5.56 Å². The predicted molar refractivity (Wildman–Crippen MR) is 96.2 cm³/mol. The van der Waals surface area contributed by atoms with E-state index in [0.717, 1.165) is 26.8 Å². The first-order valence-corrected chi connectivity index (χ1v) is 8.07. The Hall–Kier alpha value is -2.63. The van der Waals surface area contributed by atoms with E-state index in [9.17, 15) is 14.4 Å². The molecule has 0 aliphatic heterocycles. The van der Waals surface area contributed by atoms with Crippen molar-refractivity contribution < 1.29 is 9.53 Å². The second-order valence-electron chi connectivity index (χ2n) is 6.45. The first-order chi connectivity index (χ1) is 11.6. The van der Waals surface area contributed by atoms with Gasteiger partial charge in [-0.15, -0.1) is 0 Å². The van der Waals surface area contributed by atoms with Crippen molar-refractivity contribution in [1.82, 2.24) is 9.13 Å². The van der Waals surface area contributed by atoms with Crippen LogP contribution in [-0.2, 0) is 25.4 Å². The average Bonchev–Trinajstić information content (AvgIpc) is 2.58. The lowest BCUT2D eigenvalue weighted by molar-refractivity contribution is 0.0460. The van der Waals surface area contributed by atoms with Crippen LogP contribution in [0.2, 0.25) is 0 Å². The van der Waals surface area contributed by atoms with Gasteiger partial charge in [-0.25, -0.2) is 9.59 Å². The van der Waals surface area contributed by atoms with Crippen LogP contribution in [-0.4, -0.2) is 15.1 Å². The molecule has 1 heterocycles. The zero-order valence-corrected chi connectivity index (χ0v) is 15.8. The third kappa shape index (κ3) is 3.16. The first kappa shape index (κ1) is 18.7. The molecule has 2 rings (SSSR count). The number of carbonyl (C=O) groups excluding carboxylic acids is 1. The smallest absolute Gasteiger partial charge is 0.339 e. The van der Waals surface area contributed by atoms with Gasteiger partial charge < -0.3 is 4.74 Å². The van der Waals surface area contributed by atoms with Gasteiger partial charge in [-0.3, -0.25) is 13.9 Å². The Kier molecular flexibility index (Phi) is 5.02. The van der Waals surface area contributed by atoms with Crippen molar-refractivity contribution in [1.29, 1.82) is 0 Å². The molecule has 0 radical (unpaired) electrons. The number of esters is 1. The third-order valence-corrected chi connectivity index (χ3v) is 5.18. The Balaban J connectivity index is 2.38. The summed E-state index contributed by atoms with van der Waals surface area (Å²) < 4.78 is 7.72. The van der Waals surface area contributed by atoms with Gasteiger partial charge in [0.15, 0.2) is 0 Å². The molecule has 25 heavy (non-hydrogen) atoms. The molecule has 0 N–H and O–H groups in total. The molecule has 1 aromatic heterocycles. The van der Waals surface area contributed by atoms with Crippen LogP contribution < -0.4 is 11.2 Å². The summed E-state index contributed by atoms with van der Waals surface area (Å²) in [5, 5.41) is 0. The van der Waals surface area contributed by atoms with E-state index in [1.54, 1.807) is 7.05 Å². The molecule has 2 aromatic rings. The van der Waals surface area contributed by atoms with Crippen molar-refractivity contribution in [3.05, 3.63) is 66.0 Å². The number of nitrogens with zero attached hydrogens (tertiary/aromatic N) is 2. The van der Waals surface area contributed by atoms with E-state index >= 15 is 0 Å². The highest BCUT2D eigenvalue weighted by molar-refractivity contribution is 5.93. The summed E-state index contributed by atoms with van der Waals surface area (Å²) in [6, 6.07) is 1.31. The number of rotatable bonds is 3. The Bertz CT molecular complexity index is 951. The number of benzene rings is 1. The van der Waals surface area contributed by atoms with Crippen molar-refractivity contribution in [3.8, 4) is 0 Å². The van der Waals surface area contributed by atoms with Gasteiger partial charge >= 0.3 is 11.7 Å². The Morgan fingerprint density at radius 2 is 1.36 bits per heavy atom. The van der Waals surface area contributed by atoms with Gasteiger partial charge in [-0.1, -0.05) is 0 Å². The Labute approximate surface area is 146 Å². The van der Waals surface area contributed by atoms with E-state index in [2.05, 4.69) is 0 Å². The molecule has 6 heteroatoms. The highest BCUT2D eigenvalue weighted by Crippen LogP contribution is 2.26. The summed E-state index contributed by atoms with van der Waals surface area (Å²) in [6.45, 7) is 9.68. The van der Waals surface area contributed by atoms with Gasteiger partial charge in [0.1, 0.15) is 6.61 Å². The lowest BCUT2D eigenvalue weighted by Crippen LogP contribution is -2.38. The highest BCUT2D eigenvalue weighted by atomic mass is 16.5. The molecule has 134 valence electrons. The van der Waals surface area contributed by atoms with Crippen LogP contribution in [0.15, 0.2) is 15.7 Å². The molecule has 0 fully saturated rings. The molecule has 0 unspecified atom stereocenters. The third-order valence-electron chi connectivity index (χ3n) is 5.18. The summed E-state index contributed by atoms with van der Waals surface area (Å²) in [5.74, 6) is -0.450. The van der Waals surface area contributed by atoms with Crippen molar-refractivity contribution in [3.63, 3.8) is 0 Å². The van der Waals surface area contributed by atoms with E-state index in [1.807, 2.05) is 34.6 Å². The molecular formula is C19H24N2O4. The maximum absolute atomic E-state index is 12.6. The molecule has 0 bridgehead atoms. The molecule has 0 spiro atoms. The second kappa shape index (κ2) is 6.70. The SMILES string of the molecule is Cc1c(C)c(C)c(C(=O)OCc2cc(=O)n(C)c(=O)n2C)c(C)c1C. The van der Waals surface area contributed by atoms with E-state index in [0.29, 0.717) is 11.3 Å². The minimum atomic E-state index is -0.451. The molecule has 0 atom stereocenters. The molecule has 0 aliphatic rings. The monoisotopic (exact) mass is 344 g/mol. The highest BCUT2D eigenvalue weighted by Gasteiger charge is 2.20. The maximum Gasteiger partial charge on any atom is 0.339 e. The van der Waals surface area contributed by atoms with Gasteiger partial charge in [0.2, 0.25) is 0 Å². The number of carbonyl (C=O) groups is 1. The van der Waals surface area contributed by atoms with Crippen molar-refractivity contribution >= 4 is 5.97 Å². The van der Waals surface area contributed by atoms with Crippen LogP contribution in [0.4, 0.5) is 0 Å². The number of hydrogen-bond donors (Lipinski definition) is 0. The lowest BCUT2D eigenvalue weighted by Gasteiger charge is -2.18. The van der Waals surface area contributed by atoms with Crippen molar-refractivity contribution in [2.75, 3.05) is 0 Å². The van der Waals surface area contributed by atoms with E-state index in [4.69, 9.17) is 4.74 Å². The minimum Gasteiger partial charge on any atom is -0.456 e. The molecule has 0 amide bonds. The molecule has 6 nitrogen and oxygen atoms in total. The number of aromatic nitrogens is 2. The van der Waals surface area contributed by atoms with Gasteiger partial charge in [0.05, 0.1) is 11.3 Å². The average molecular weight is 344 g/mol. The van der Waals surface area contributed by atoms with Crippen LogP contribution in [0, 0.1) is 34.6 Å². The summed E-state index contributed by atoms with van der Waals surface area (Å²) in [7, 11) is 2.95. The summed E-state index contributed by atoms with van der Waals surface area (Å²) in [4.78, 5) is 36.3. The van der Waals surface area contributed by atoms with Gasteiger partial charge in [-0.05, 0) is 62.4 Å². The largest absolute Gasteiger partial charge is 0.456 e. The van der Waals surface area contributed by atoms with Crippen LogP contribution >= 0.6 is 0 Å². The first-order valence-electron chi connectivity index (χ1n) is 8.07. The quantitative estimate of drug-likeness (QED) is 0.799. The Morgan fingerprint density at radius 3 is 1.88 bits per heavy atom. The molecule has 0 saturated heterocycles. The zero-order valence-electron chi connectivity index (χ0n) is 15.8. The number of ether oxygens (including phenoxy) is 1. The molecule has 0 aliphatic carbocycles. The second-order valence-corrected chi connectivity index (χ2v) is 6.45. The normalized spacial score (nSPS) is 10.8. The van der Waals surface area contributed by atoms with Crippen LogP contribution in [0.1, 0.15) is 43.9 Å².